The number of aliphatic carboxylic acids is 1. The average Bonchev–Trinajstić information content (AvgIpc) is 2.34. The SMILES string of the molecule is COc1cc(C#N)c(/C=C/C(=O)O)c([N+](=O)[O-])c1. The summed E-state index contributed by atoms with van der Waals surface area (Å²) in [4.78, 5) is 20.6. The normalized spacial score (nSPS) is 10.0. The lowest BCUT2D eigenvalue weighted by molar-refractivity contribution is -0.385. The lowest BCUT2D eigenvalue weighted by atomic mass is 10.1. The molecule has 0 amide bonds. The second-order valence-electron chi connectivity index (χ2n) is 3.15. The predicted molar refractivity (Wildman–Crippen MR) is 61.0 cm³/mol. The zero-order valence-corrected chi connectivity index (χ0v) is 9.28. The average molecular weight is 248 g/mol. The van der Waals surface area contributed by atoms with Crippen molar-refractivity contribution in [1.82, 2.24) is 0 Å². The first kappa shape index (κ1) is 13.2. The molecule has 0 saturated heterocycles. The van der Waals surface area contributed by atoms with E-state index in [0.717, 1.165) is 18.2 Å². The van der Waals surface area contributed by atoms with E-state index < -0.39 is 10.9 Å². The maximum atomic E-state index is 10.9. The molecule has 1 aromatic rings. The van der Waals surface area contributed by atoms with Gasteiger partial charge in [0.1, 0.15) is 11.8 Å². The minimum atomic E-state index is -1.26. The summed E-state index contributed by atoms with van der Waals surface area (Å²) in [6, 6.07) is 4.19. The van der Waals surface area contributed by atoms with E-state index in [1.54, 1.807) is 6.07 Å². The van der Waals surface area contributed by atoms with Gasteiger partial charge in [0.05, 0.1) is 29.2 Å². The van der Waals surface area contributed by atoms with Crippen molar-refractivity contribution >= 4 is 17.7 Å². The van der Waals surface area contributed by atoms with E-state index >= 15 is 0 Å². The van der Waals surface area contributed by atoms with Crippen molar-refractivity contribution in [3.63, 3.8) is 0 Å². The monoisotopic (exact) mass is 248 g/mol. The molecule has 0 aromatic heterocycles. The molecule has 18 heavy (non-hydrogen) atoms. The molecule has 0 heterocycles. The number of carbonyl (C=O) groups is 1. The fourth-order valence-electron chi connectivity index (χ4n) is 1.30. The van der Waals surface area contributed by atoms with Crippen molar-refractivity contribution in [1.29, 1.82) is 5.26 Å². The molecule has 0 radical (unpaired) electrons. The summed E-state index contributed by atoms with van der Waals surface area (Å²) in [7, 11) is 1.31. The van der Waals surface area contributed by atoms with Crippen LogP contribution in [0, 0.1) is 21.4 Å². The van der Waals surface area contributed by atoms with Gasteiger partial charge in [0, 0.05) is 6.08 Å². The third-order valence-electron chi connectivity index (χ3n) is 2.08. The molecule has 0 fully saturated rings. The summed E-state index contributed by atoms with van der Waals surface area (Å²) in [6.45, 7) is 0. The molecule has 0 saturated carbocycles. The first-order valence-corrected chi connectivity index (χ1v) is 4.67. The number of nitro groups is 1. The highest BCUT2D eigenvalue weighted by Crippen LogP contribution is 2.29. The standard InChI is InChI=1S/C11H8N2O5/c1-18-8-4-7(6-12)9(2-3-11(14)15)10(5-8)13(16)17/h2-5H,1H3,(H,14,15)/b3-2+. The molecule has 0 aliphatic carbocycles. The van der Waals surface area contributed by atoms with Crippen molar-refractivity contribution in [2.75, 3.05) is 7.11 Å². The van der Waals surface area contributed by atoms with E-state index in [1.807, 2.05) is 0 Å². The summed E-state index contributed by atoms with van der Waals surface area (Å²) in [6.07, 6.45) is 1.74. The van der Waals surface area contributed by atoms with Gasteiger partial charge in [-0.25, -0.2) is 4.79 Å². The zero-order valence-electron chi connectivity index (χ0n) is 9.28. The highest BCUT2D eigenvalue weighted by atomic mass is 16.6. The van der Waals surface area contributed by atoms with Crippen molar-refractivity contribution in [3.8, 4) is 11.8 Å². The second kappa shape index (κ2) is 5.45. The smallest absolute Gasteiger partial charge is 0.328 e. The van der Waals surface area contributed by atoms with Crippen molar-refractivity contribution in [2.24, 2.45) is 0 Å². The maximum Gasteiger partial charge on any atom is 0.328 e. The molecule has 7 heteroatoms. The molecule has 0 bridgehead atoms. The number of benzene rings is 1. The zero-order chi connectivity index (χ0) is 13.7. The van der Waals surface area contributed by atoms with Crippen LogP contribution in [0.2, 0.25) is 0 Å². The summed E-state index contributed by atoms with van der Waals surface area (Å²) in [5.41, 5.74) is -0.479. The quantitative estimate of drug-likeness (QED) is 0.491. The van der Waals surface area contributed by atoms with Crippen LogP contribution in [0.15, 0.2) is 18.2 Å². The maximum absolute atomic E-state index is 10.9. The summed E-state index contributed by atoms with van der Waals surface area (Å²) in [5, 5.41) is 28.3. The number of hydrogen-bond acceptors (Lipinski definition) is 5. The Morgan fingerprint density at radius 2 is 2.28 bits per heavy atom. The van der Waals surface area contributed by atoms with Crippen LogP contribution in [0.1, 0.15) is 11.1 Å². The molecule has 1 N–H and O–H groups in total. The van der Waals surface area contributed by atoms with Gasteiger partial charge in [-0.3, -0.25) is 10.1 Å². The minimum absolute atomic E-state index is 0.0291. The van der Waals surface area contributed by atoms with Gasteiger partial charge >= 0.3 is 5.97 Å². The molecule has 92 valence electrons. The molecule has 0 spiro atoms. The highest BCUT2D eigenvalue weighted by molar-refractivity contribution is 5.87. The molecular formula is C11H8N2O5. The Kier molecular flexibility index (Phi) is 3.99. The lowest BCUT2D eigenvalue weighted by Gasteiger charge is -2.04. The van der Waals surface area contributed by atoms with Gasteiger partial charge < -0.3 is 9.84 Å². The first-order valence-electron chi connectivity index (χ1n) is 4.67. The Morgan fingerprint density at radius 3 is 2.72 bits per heavy atom. The fraction of sp³-hybridized carbons (Fsp3) is 0.0909. The number of carboxylic acid groups (broad SMARTS) is 1. The number of rotatable bonds is 4. The van der Waals surface area contributed by atoms with Crippen molar-refractivity contribution < 1.29 is 19.6 Å². The van der Waals surface area contributed by atoms with E-state index in [4.69, 9.17) is 15.1 Å². The number of nitriles is 1. The van der Waals surface area contributed by atoms with Gasteiger partial charge in [-0.2, -0.15) is 5.26 Å². The third-order valence-corrected chi connectivity index (χ3v) is 2.08. The number of hydrogen-bond donors (Lipinski definition) is 1. The van der Waals surface area contributed by atoms with Crippen LogP contribution >= 0.6 is 0 Å². The molecule has 0 unspecified atom stereocenters. The largest absolute Gasteiger partial charge is 0.496 e. The van der Waals surface area contributed by atoms with Crippen molar-refractivity contribution in [3.05, 3.63) is 39.4 Å². The van der Waals surface area contributed by atoms with Gasteiger partial charge in [0.25, 0.3) is 5.69 Å². The van der Waals surface area contributed by atoms with E-state index in [0.29, 0.717) is 0 Å². The second-order valence-corrected chi connectivity index (χ2v) is 3.15. The Labute approximate surface area is 102 Å². The van der Waals surface area contributed by atoms with E-state index in [2.05, 4.69) is 0 Å². The third kappa shape index (κ3) is 2.82. The number of carboxylic acids is 1. The Hall–Kier alpha value is -2.88. The molecule has 0 aliphatic rings. The lowest BCUT2D eigenvalue weighted by Crippen LogP contribution is -1.97. The first-order chi connectivity index (χ1) is 8.49. The van der Waals surface area contributed by atoms with E-state index in [1.165, 1.54) is 13.2 Å². The molecule has 7 nitrogen and oxygen atoms in total. The van der Waals surface area contributed by atoms with Gasteiger partial charge in [-0.15, -0.1) is 0 Å². The van der Waals surface area contributed by atoms with Crippen LogP contribution in [-0.4, -0.2) is 23.1 Å². The van der Waals surface area contributed by atoms with Gasteiger partial charge in [-0.1, -0.05) is 0 Å². The fourth-order valence-corrected chi connectivity index (χ4v) is 1.30. The molecule has 1 rings (SSSR count). The summed E-state index contributed by atoms with van der Waals surface area (Å²) in [5.74, 6) is -1.10. The molecule has 0 atom stereocenters. The Bertz CT molecular complexity index is 572. The Morgan fingerprint density at radius 1 is 1.61 bits per heavy atom. The van der Waals surface area contributed by atoms with Gasteiger partial charge in [0.2, 0.25) is 0 Å². The number of ether oxygens (including phenoxy) is 1. The summed E-state index contributed by atoms with van der Waals surface area (Å²) >= 11 is 0. The van der Waals surface area contributed by atoms with Crippen molar-refractivity contribution in [2.45, 2.75) is 0 Å². The van der Waals surface area contributed by atoms with Crippen LogP contribution in [0.25, 0.3) is 6.08 Å². The number of nitro benzene ring substituents is 1. The topological polar surface area (TPSA) is 113 Å². The van der Waals surface area contributed by atoms with E-state index in [-0.39, 0.29) is 22.6 Å². The van der Waals surface area contributed by atoms with Crippen LogP contribution < -0.4 is 4.74 Å². The summed E-state index contributed by atoms with van der Waals surface area (Å²) < 4.78 is 4.83. The van der Waals surface area contributed by atoms with Gasteiger partial charge in [-0.05, 0) is 12.1 Å². The number of nitrogens with zero attached hydrogens (tertiary/aromatic N) is 2. The van der Waals surface area contributed by atoms with Crippen LogP contribution in [0.4, 0.5) is 5.69 Å². The minimum Gasteiger partial charge on any atom is -0.496 e. The van der Waals surface area contributed by atoms with Crippen LogP contribution in [-0.2, 0) is 4.79 Å². The molecule has 1 aromatic carbocycles. The van der Waals surface area contributed by atoms with Crippen LogP contribution in [0.3, 0.4) is 0 Å². The van der Waals surface area contributed by atoms with E-state index in [9.17, 15) is 14.9 Å². The van der Waals surface area contributed by atoms with Crippen LogP contribution in [0.5, 0.6) is 5.75 Å². The predicted octanol–water partition coefficient (Wildman–Crippen LogP) is 1.57. The van der Waals surface area contributed by atoms with Gasteiger partial charge in [0.15, 0.2) is 0 Å². The Balaban J connectivity index is 3.50. The molecule has 0 aliphatic heterocycles. The highest BCUT2D eigenvalue weighted by Gasteiger charge is 2.18. The molecular weight excluding hydrogens is 240 g/mol. The number of methoxy groups -OCH3 is 1.